The third-order valence-corrected chi connectivity index (χ3v) is 2.70. The fourth-order valence-electron chi connectivity index (χ4n) is 1.83. The molecule has 0 saturated carbocycles. The van der Waals surface area contributed by atoms with Gasteiger partial charge in [-0.1, -0.05) is 18.2 Å². The zero-order chi connectivity index (χ0) is 13.2. The second kappa shape index (κ2) is 4.92. The van der Waals surface area contributed by atoms with Gasteiger partial charge in [0.1, 0.15) is 0 Å². The van der Waals surface area contributed by atoms with Gasteiger partial charge in [0, 0.05) is 24.2 Å². The van der Waals surface area contributed by atoms with Crippen LogP contribution in [-0.4, -0.2) is 22.2 Å². The highest BCUT2D eigenvalue weighted by Gasteiger charge is 2.11. The number of para-hydroxylation sites is 1. The number of H-pyrrole nitrogens is 1. The van der Waals surface area contributed by atoms with Crippen molar-refractivity contribution in [2.45, 2.75) is 26.0 Å². The molecule has 0 radical (unpaired) electrons. The first-order valence-electron chi connectivity index (χ1n) is 6.00. The molecule has 0 unspecified atom stereocenters. The number of pyridine rings is 1. The van der Waals surface area contributed by atoms with E-state index >= 15 is 0 Å². The lowest BCUT2D eigenvalue weighted by Gasteiger charge is -2.17. The molecule has 0 amide bonds. The molecule has 0 aliphatic heterocycles. The van der Waals surface area contributed by atoms with Crippen LogP contribution in [0.25, 0.3) is 10.9 Å². The maximum atomic E-state index is 11.8. The first kappa shape index (κ1) is 12.8. The smallest absolute Gasteiger partial charge is 0.252 e. The van der Waals surface area contributed by atoms with Crippen LogP contribution in [0.1, 0.15) is 19.4 Å². The normalized spacial score (nSPS) is 11.9. The molecule has 0 aliphatic carbocycles. The van der Waals surface area contributed by atoms with Crippen molar-refractivity contribution in [1.29, 1.82) is 0 Å². The van der Waals surface area contributed by atoms with Crippen molar-refractivity contribution in [1.82, 2.24) is 10.3 Å². The number of benzene rings is 1. The molecular weight excluding hydrogens is 228 g/mol. The molecule has 0 atom stereocenters. The van der Waals surface area contributed by atoms with E-state index in [-0.39, 0.29) is 5.56 Å². The van der Waals surface area contributed by atoms with Crippen LogP contribution < -0.4 is 10.9 Å². The Hall–Kier alpha value is -1.65. The quantitative estimate of drug-likeness (QED) is 0.763. The lowest BCUT2D eigenvalue weighted by atomic mass is 10.1. The average Bonchev–Trinajstić information content (AvgIpc) is 2.28. The predicted molar refractivity (Wildman–Crippen MR) is 72.6 cm³/mol. The zero-order valence-electron chi connectivity index (χ0n) is 10.7. The average molecular weight is 246 g/mol. The van der Waals surface area contributed by atoms with Crippen LogP contribution in [0.4, 0.5) is 0 Å². The van der Waals surface area contributed by atoms with Crippen molar-refractivity contribution in [2.24, 2.45) is 0 Å². The summed E-state index contributed by atoms with van der Waals surface area (Å²) in [7, 11) is 0. The minimum atomic E-state index is -0.774. The van der Waals surface area contributed by atoms with Gasteiger partial charge in [0.05, 0.1) is 5.60 Å². The van der Waals surface area contributed by atoms with E-state index < -0.39 is 5.60 Å². The van der Waals surface area contributed by atoms with Crippen molar-refractivity contribution in [2.75, 3.05) is 6.54 Å². The molecule has 1 aromatic heterocycles. The van der Waals surface area contributed by atoms with E-state index in [1.54, 1.807) is 13.8 Å². The highest BCUT2D eigenvalue weighted by molar-refractivity contribution is 5.78. The summed E-state index contributed by atoms with van der Waals surface area (Å²) in [5.74, 6) is 0. The van der Waals surface area contributed by atoms with E-state index in [1.165, 1.54) is 0 Å². The van der Waals surface area contributed by atoms with Crippen LogP contribution in [0.2, 0.25) is 0 Å². The highest BCUT2D eigenvalue weighted by Crippen LogP contribution is 2.10. The fourth-order valence-corrected chi connectivity index (χ4v) is 1.83. The van der Waals surface area contributed by atoms with Gasteiger partial charge in [-0.15, -0.1) is 0 Å². The molecular formula is C14H18N2O2. The standard InChI is InChI=1S/C14H18N2O2/c1-14(2,18)9-15-8-11-7-10-5-3-4-6-12(10)16-13(11)17/h3-7,15,18H,8-9H2,1-2H3,(H,16,17). The number of aromatic amines is 1. The molecule has 4 nitrogen and oxygen atoms in total. The first-order valence-corrected chi connectivity index (χ1v) is 6.00. The van der Waals surface area contributed by atoms with Gasteiger partial charge in [0.2, 0.25) is 0 Å². The van der Waals surface area contributed by atoms with Crippen LogP contribution in [-0.2, 0) is 6.54 Å². The Morgan fingerprint density at radius 1 is 1.33 bits per heavy atom. The van der Waals surface area contributed by atoms with Gasteiger partial charge in [0.15, 0.2) is 0 Å². The third-order valence-electron chi connectivity index (χ3n) is 2.70. The summed E-state index contributed by atoms with van der Waals surface area (Å²) in [6, 6.07) is 9.56. The Labute approximate surface area is 106 Å². The molecule has 1 heterocycles. The molecule has 4 heteroatoms. The molecule has 96 valence electrons. The molecule has 0 aliphatic rings. The molecule has 0 fully saturated rings. The number of rotatable bonds is 4. The third kappa shape index (κ3) is 3.18. The van der Waals surface area contributed by atoms with Gasteiger partial charge in [-0.25, -0.2) is 0 Å². The van der Waals surface area contributed by atoms with Crippen LogP contribution >= 0.6 is 0 Å². The summed E-state index contributed by atoms with van der Waals surface area (Å²) in [5, 5.41) is 13.7. The topological polar surface area (TPSA) is 65.1 Å². The van der Waals surface area contributed by atoms with Crippen molar-refractivity contribution < 1.29 is 5.11 Å². The second-order valence-corrected chi connectivity index (χ2v) is 5.13. The summed E-state index contributed by atoms with van der Waals surface area (Å²) in [5.41, 5.74) is 0.660. The molecule has 0 saturated heterocycles. The lowest BCUT2D eigenvalue weighted by molar-refractivity contribution is 0.0795. The fraction of sp³-hybridized carbons (Fsp3) is 0.357. The van der Waals surface area contributed by atoms with Gasteiger partial charge < -0.3 is 15.4 Å². The van der Waals surface area contributed by atoms with E-state index in [0.717, 1.165) is 10.9 Å². The number of aromatic nitrogens is 1. The summed E-state index contributed by atoms with van der Waals surface area (Å²) in [6.07, 6.45) is 0. The number of fused-ring (bicyclic) bond motifs is 1. The van der Waals surface area contributed by atoms with Gasteiger partial charge >= 0.3 is 0 Å². The predicted octanol–water partition coefficient (Wildman–Crippen LogP) is 1.39. The highest BCUT2D eigenvalue weighted by atomic mass is 16.3. The van der Waals surface area contributed by atoms with E-state index in [1.807, 2.05) is 30.3 Å². The molecule has 2 aromatic rings. The summed E-state index contributed by atoms with van der Waals surface area (Å²) in [6.45, 7) is 4.35. The van der Waals surface area contributed by atoms with E-state index in [2.05, 4.69) is 10.3 Å². The molecule has 0 bridgehead atoms. The van der Waals surface area contributed by atoms with Crippen LogP contribution in [0.5, 0.6) is 0 Å². The van der Waals surface area contributed by atoms with Gasteiger partial charge in [0.25, 0.3) is 5.56 Å². The summed E-state index contributed by atoms with van der Waals surface area (Å²) >= 11 is 0. The largest absolute Gasteiger partial charge is 0.389 e. The monoisotopic (exact) mass is 246 g/mol. The first-order chi connectivity index (χ1) is 8.46. The molecule has 3 N–H and O–H groups in total. The molecule has 1 aromatic carbocycles. The van der Waals surface area contributed by atoms with E-state index in [9.17, 15) is 9.90 Å². The van der Waals surface area contributed by atoms with Crippen molar-refractivity contribution >= 4 is 10.9 Å². The Balaban J connectivity index is 2.18. The number of hydrogen-bond donors (Lipinski definition) is 3. The second-order valence-electron chi connectivity index (χ2n) is 5.13. The Bertz CT molecular complexity index is 597. The van der Waals surface area contributed by atoms with Gasteiger partial charge in [-0.3, -0.25) is 4.79 Å². The molecule has 0 spiro atoms. The molecule has 2 rings (SSSR count). The van der Waals surface area contributed by atoms with Crippen molar-refractivity contribution in [3.63, 3.8) is 0 Å². The zero-order valence-corrected chi connectivity index (χ0v) is 10.7. The van der Waals surface area contributed by atoms with Crippen LogP contribution in [0.3, 0.4) is 0 Å². The van der Waals surface area contributed by atoms with Crippen molar-refractivity contribution in [3.05, 3.63) is 46.2 Å². The number of aliphatic hydroxyl groups is 1. The van der Waals surface area contributed by atoms with Crippen molar-refractivity contribution in [3.8, 4) is 0 Å². The maximum Gasteiger partial charge on any atom is 0.252 e. The minimum Gasteiger partial charge on any atom is -0.389 e. The number of nitrogens with one attached hydrogen (secondary N) is 2. The van der Waals surface area contributed by atoms with Gasteiger partial charge in [-0.05, 0) is 31.4 Å². The summed E-state index contributed by atoms with van der Waals surface area (Å²) in [4.78, 5) is 14.7. The van der Waals surface area contributed by atoms with E-state index in [4.69, 9.17) is 0 Å². The SMILES string of the molecule is CC(C)(O)CNCc1cc2ccccc2[nH]c1=O. The van der Waals surface area contributed by atoms with E-state index in [0.29, 0.717) is 18.7 Å². The number of hydrogen-bond acceptors (Lipinski definition) is 3. The lowest BCUT2D eigenvalue weighted by Crippen LogP contribution is -2.35. The van der Waals surface area contributed by atoms with Crippen LogP contribution in [0, 0.1) is 0 Å². The molecule has 18 heavy (non-hydrogen) atoms. The Morgan fingerprint density at radius 2 is 2.06 bits per heavy atom. The van der Waals surface area contributed by atoms with Crippen LogP contribution in [0.15, 0.2) is 35.1 Å². The summed E-state index contributed by atoms with van der Waals surface area (Å²) < 4.78 is 0. The minimum absolute atomic E-state index is 0.0862. The Kier molecular flexibility index (Phi) is 3.50. The van der Waals surface area contributed by atoms with Gasteiger partial charge in [-0.2, -0.15) is 0 Å². The maximum absolute atomic E-state index is 11.8. The Morgan fingerprint density at radius 3 is 2.78 bits per heavy atom.